The standard InChI is InChI=1S/C16H21F3N2O/c17-13-6-4-5-12(9-13)15(7-2-1-3-8-15)14(22)21-11-16(18,19)10-20/h4-6,9H,1-3,7-8,10-11,20H2,(H,21,22). The molecule has 3 N–H and O–H groups in total. The van der Waals surface area contributed by atoms with Gasteiger partial charge in [-0.15, -0.1) is 0 Å². The zero-order valence-electron chi connectivity index (χ0n) is 12.4. The van der Waals surface area contributed by atoms with Crippen LogP contribution < -0.4 is 11.1 Å². The van der Waals surface area contributed by atoms with Crippen LogP contribution in [0.25, 0.3) is 0 Å². The van der Waals surface area contributed by atoms with E-state index in [1.165, 1.54) is 12.1 Å². The topological polar surface area (TPSA) is 55.1 Å². The van der Waals surface area contributed by atoms with Crippen LogP contribution in [-0.4, -0.2) is 24.9 Å². The van der Waals surface area contributed by atoms with Crippen LogP contribution in [0.4, 0.5) is 13.2 Å². The summed E-state index contributed by atoms with van der Waals surface area (Å²) in [6.45, 7) is -1.61. The number of rotatable bonds is 5. The van der Waals surface area contributed by atoms with Crippen LogP contribution >= 0.6 is 0 Å². The third-order valence-electron chi connectivity index (χ3n) is 4.33. The zero-order valence-corrected chi connectivity index (χ0v) is 12.4. The summed E-state index contributed by atoms with van der Waals surface area (Å²) in [6.07, 6.45) is 3.70. The van der Waals surface area contributed by atoms with E-state index in [-0.39, 0.29) is 0 Å². The van der Waals surface area contributed by atoms with Gasteiger partial charge in [0.1, 0.15) is 5.82 Å². The summed E-state index contributed by atoms with van der Waals surface area (Å²) in [5.74, 6) is -4.03. The Morgan fingerprint density at radius 3 is 2.55 bits per heavy atom. The Morgan fingerprint density at radius 1 is 1.27 bits per heavy atom. The van der Waals surface area contributed by atoms with E-state index in [1.54, 1.807) is 12.1 Å². The summed E-state index contributed by atoms with van der Waals surface area (Å²) < 4.78 is 40.1. The number of carbonyl (C=O) groups excluding carboxylic acids is 1. The van der Waals surface area contributed by atoms with Crippen molar-refractivity contribution in [2.24, 2.45) is 5.73 Å². The van der Waals surface area contributed by atoms with Crippen molar-refractivity contribution >= 4 is 5.91 Å². The second-order valence-electron chi connectivity index (χ2n) is 5.90. The lowest BCUT2D eigenvalue weighted by atomic mass is 9.68. The minimum absolute atomic E-state index is 0.428. The summed E-state index contributed by atoms with van der Waals surface area (Å²) in [5, 5.41) is 2.31. The molecule has 0 bridgehead atoms. The van der Waals surface area contributed by atoms with Gasteiger partial charge in [0.15, 0.2) is 0 Å². The minimum atomic E-state index is -3.13. The van der Waals surface area contributed by atoms with E-state index in [0.29, 0.717) is 18.4 Å². The summed E-state index contributed by atoms with van der Waals surface area (Å²) in [4.78, 5) is 12.6. The lowest BCUT2D eigenvalue weighted by molar-refractivity contribution is -0.129. The van der Waals surface area contributed by atoms with E-state index in [9.17, 15) is 18.0 Å². The second-order valence-corrected chi connectivity index (χ2v) is 5.90. The highest BCUT2D eigenvalue weighted by Crippen LogP contribution is 2.40. The normalized spacial score (nSPS) is 18.0. The average molecular weight is 314 g/mol. The monoisotopic (exact) mass is 314 g/mol. The van der Waals surface area contributed by atoms with E-state index >= 15 is 0 Å². The Balaban J connectivity index is 2.24. The molecule has 22 heavy (non-hydrogen) atoms. The molecule has 0 aromatic heterocycles. The lowest BCUT2D eigenvalue weighted by Gasteiger charge is -2.36. The average Bonchev–Trinajstić information content (AvgIpc) is 2.53. The Kier molecular flexibility index (Phi) is 5.11. The molecule has 2 rings (SSSR count). The first kappa shape index (κ1) is 16.8. The molecule has 0 heterocycles. The SMILES string of the molecule is NCC(F)(F)CNC(=O)C1(c2cccc(F)c2)CCCCC1. The van der Waals surface area contributed by atoms with Gasteiger partial charge in [0.05, 0.1) is 18.5 Å². The van der Waals surface area contributed by atoms with Crippen LogP contribution in [0, 0.1) is 5.82 Å². The van der Waals surface area contributed by atoms with Gasteiger partial charge in [-0.2, -0.15) is 0 Å². The van der Waals surface area contributed by atoms with Crippen LogP contribution in [0.15, 0.2) is 24.3 Å². The van der Waals surface area contributed by atoms with Crippen LogP contribution in [0.3, 0.4) is 0 Å². The minimum Gasteiger partial charge on any atom is -0.349 e. The van der Waals surface area contributed by atoms with E-state index in [2.05, 4.69) is 5.32 Å². The highest BCUT2D eigenvalue weighted by atomic mass is 19.3. The molecule has 122 valence electrons. The Bertz CT molecular complexity index is 528. The maximum atomic E-state index is 13.5. The predicted octanol–water partition coefficient (Wildman–Crippen LogP) is 2.74. The number of nitrogens with one attached hydrogen (secondary N) is 1. The van der Waals surface area contributed by atoms with Crippen molar-refractivity contribution in [3.8, 4) is 0 Å². The third-order valence-corrected chi connectivity index (χ3v) is 4.33. The number of carbonyl (C=O) groups is 1. The van der Waals surface area contributed by atoms with Crippen molar-refractivity contribution < 1.29 is 18.0 Å². The smallest absolute Gasteiger partial charge is 0.277 e. The van der Waals surface area contributed by atoms with Crippen molar-refractivity contribution in [3.63, 3.8) is 0 Å². The summed E-state index contributed by atoms with van der Waals surface area (Å²) in [5.41, 5.74) is 4.61. The van der Waals surface area contributed by atoms with Gasteiger partial charge in [0, 0.05) is 0 Å². The first-order chi connectivity index (χ1) is 10.4. The molecule has 0 aliphatic heterocycles. The second kappa shape index (κ2) is 6.69. The largest absolute Gasteiger partial charge is 0.349 e. The highest BCUT2D eigenvalue weighted by molar-refractivity contribution is 5.88. The number of benzene rings is 1. The number of amides is 1. The Labute approximate surface area is 128 Å². The zero-order chi connectivity index (χ0) is 16.2. The van der Waals surface area contributed by atoms with Gasteiger partial charge in [0.2, 0.25) is 5.91 Å². The number of hydrogen-bond acceptors (Lipinski definition) is 2. The third kappa shape index (κ3) is 3.61. The van der Waals surface area contributed by atoms with Crippen LogP contribution in [0.1, 0.15) is 37.7 Å². The van der Waals surface area contributed by atoms with Gasteiger partial charge in [-0.25, -0.2) is 13.2 Å². The number of halogens is 3. The lowest BCUT2D eigenvalue weighted by Crippen LogP contribution is -2.50. The quantitative estimate of drug-likeness (QED) is 0.878. The summed E-state index contributed by atoms with van der Waals surface area (Å²) in [6, 6.07) is 5.87. The fraction of sp³-hybridized carbons (Fsp3) is 0.562. The maximum absolute atomic E-state index is 13.5. The number of alkyl halides is 2. The molecule has 1 aromatic rings. The van der Waals surface area contributed by atoms with Crippen LogP contribution in [0.5, 0.6) is 0 Å². The summed E-state index contributed by atoms with van der Waals surface area (Å²) in [7, 11) is 0. The predicted molar refractivity (Wildman–Crippen MR) is 78.2 cm³/mol. The van der Waals surface area contributed by atoms with Crippen molar-refractivity contribution in [2.75, 3.05) is 13.1 Å². The highest BCUT2D eigenvalue weighted by Gasteiger charge is 2.42. The van der Waals surface area contributed by atoms with Crippen molar-refractivity contribution in [2.45, 2.75) is 43.4 Å². The van der Waals surface area contributed by atoms with Gasteiger partial charge in [0.25, 0.3) is 5.92 Å². The molecule has 1 amide bonds. The van der Waals surface area contributed by atoms with Crippen molar-refractivity contribution in [3.05, 3.63) is 35.6 Å². The molecule has 0 unspecified atom stereocenters. The molecular weight excluding hydrogens is 293 g/mol. The molecule has 0 saturated heterocycles. The Hall–Kier alpha value is -1.56. The molecule has 0 atom stereocenters. The molecule has 1 saturated carbocycles. The van der Waals surface area contributed by atoms with Gasteiger partial charge in [-0.3, -0.25) is 4.79 Å². The molecule has 6 heteroatoms. The van der Waals surface area contributed by atoms with Gasteiger partial charge in [-0.05, 0) is 30.5 Å². The number of nitrogens with two attached hydrogens (primary N) is 1. The van der Waals surface area contributed by atoms with Crippen molar-refractivity contribution in [1.82, 2.24) is 5.32 Å². The fourth-order valence-electron chi connectivity index (χ4n) is 3.04. The molecule has 1 aliphatic carbocycles. The van der Waals surface area contributed by atoms with E-state index < -0.39 is 36.2 Å². The van der Waals surface area contributed by atoms with E-state index in [4.69, 9.17) is 5.73 Å². The molecule has 0 spiro atoms. The first-order valence-corrected chi connectivity index (χ1v) is 7.52. The number of hydrogen-bond donors (Lipinski definition) is 2. The molecular formula is C16H21F3N2O. The first-order valence-electron chi connectivity index (χ1n) is 7.52. The molecule has 1 aliphatic rings. The molecule has 1 fully saturated rings. The van der Waals surface area contributed by atoms with Gasteiger partial charge < -0.3 is 11.1 Å². The Morgan fingerprint density at radius 2 is 1.95 bits per heavy atom. The van der Waals surface area contributed by atoms with E-state index in [0.717, 1.165) is 19.3 Å². The van der Waals surface area contributed by atoms with Gasteiger partial charge in [-0.1, -0.05) is 31.4 Å². The van der Waals surface area contributed by atoms with Crippen LogP contribution in [0.2, 0.25) is 0 Å². The van der Waals surface area contributed by atoms with Crippen molar-refractivity contribution in [1.29, 1.82) is 0 Å². The maximum Gasteiger partial charge on any atom is 0.277 e. The fourth-order valence-corrected chi connectivity index (χ4v) is 3.04. The van der Waals surface area contributed by atoms with Crippen LogP contribution in [-0.2, 0) is 10.2 Å². The molecule has 0 radical (unpaired) electrons. The molecule has 1 aromatic carbocycles. The van der Waals surface area contributed by atoms with E-state index in [1.807, 2.05) is 0 Å². The molecule has 3 nitrogen and oxygen atoms in total. The summed E-state index contributed by atoms with van der Waals surface area (Å²) >= 11 is 0. The van der Waals surface area contributed by atoms with Gasteiger partial charge >= 0.3 is 0 Å².